The zero-order valence-corrected chi connectivity index (χ0v) is 12.4. The van der Waals surface area contributed by atoms with Crippen LogP contribution >= 0.6 is 15.9 Å². The van der Waals surface area contributed by atoms with Gasteiger partial charge in [0.1, 0.15) is 5.82 Å². The molecule has 0 aliphatic heterocycles. The van der Waals surface area contributed by atoms with E-state index in [4.69, 9.17) is 0 Å². The highest BCUT2D eigenvalue weighted by Crippen LogP contribution is 2.65. The third kappa shape index (κ3) is 2.23. The first-order chi connectivity index (χ1) is 8.50. The predicted molar refractivity (Wildman–Crippen MR) is 75.1 cm³/mol. The van der Waals surface area contributed by atoms with Gasteiger partial charge in [-0.15, -0.1) is 0 Å². The van der Waals surface area contributed by atoms with Gasteiger partial charge in [0.15, 0.2) is 0 Å². The van der Waals surface area contributed by atoms with Crippen molar-refractivity contribution in [2.45, 2.75) is 38.6 Å². The summed E-state index contributed by atoms with van der Waals surface area (Å²) in [6, 6.07) is 5.77. The van der Waals surface area contributed by atoms with Crippen molar-refractivity contribution in [2.75, 3.05) is 6.54 Å². The molecule has 2 atom stereocenters. The molecule has 3 rings (SSSR count). The van der Waals surface area contributed by atoms with E-state index in [0.717, 1.165) is 22.6 Å². The Bertz CT molecular complexity index is 468. The quantitative estimate of drug-likeness (QED) is 0.883. The minimum Gasteiger partial charge on any atom is -0.314 e. The Morgan fingerprint density at radius 1 is 1.39 bits per heavy atom. The molecule has 0 saturated heterocycles. The van der Waals surface area contributed by atoms with Gasteiger partial charge in [0, 0.05) is 10.5 Å². The fraction of sp³-hybridized carbons (Fsp3) is 0.600. The maximum atomic E-state index is 13.4. The van der Waals surface area contributed by atoms with Crippen LogP contribution < -0.4 is 5.32 Å². The molecule has 0 heterocycles. The van der Waals surface area contributed by atoms with Crippen molar-refractivity contribution >= 4 is 15.9 Å². The second kappa shape index (κ2) is 4.31. The molecule has 2 aliphatic rings. The van der Waals surface area contributed by atoms with Gasteiger partial charge in [0.05, 0.1) is 0 Å². The average molecular weight is 312 g/mol. The van der Waals surface area contributed by atoms with E-state index in [1.807, 2.05) is 6.07 Å². The molecule has 3 heteroatoms. The molecule has 2 aliphatic carbocycles. The highest BCUT2D eigenvalue weighted by molar-refractivity contribution is 9.10. The summed E-state index contributed by atoms with van der Waals surface area (Å²) in [5, 5.41) is 3.60. The van der Waals surface area contributed by atoms with Gasteiger partial charge in [0.2, 0.25) is 0 Å². The van der Waals surface area contributed by atoms with E-state index in [1.165, 1.54) is 18.9 Å². The van der Waals surface area contributed by atoms with Crippen molar-refractivity contribution in [1.29, 1.82) is 0 Å². The Balaban J connectivity index is 1.76. The summed E-state index contributed by atoms with van der Waals surface area (Å²) >= 11 is 3.56. The smallest absolute Gasteiger partial charge is 0.123 e. The fourth-order valence-electron chi connectivity index (χ4n) is 3.08. The summed E-state index contributed by atoms with van der Waals surface area (Å²) < 4.78 is 14.4. The highest BCUT2D eigenvalue weighted by atomic mass is 79.9. The first kappa shape index (κ1) is 12.6. The van der Waals surface area contributed by atoms with E-state index in [1.54, 1.807) is 6.07 Å². The van der Waals surface area contributed by atoms with Crippen LogP contribution in [0.3, 0.4) is 0 Å². The van der Waals surface area contributed by atoms with Crippen molar-refractivity contribution in [3.8, 4) is 0 Å². The van der Waals surface area contributed by atoms with Crippen LogP contribution in [0.2, 0.25) is 0 Å². The number of halogens is 2. The summed E-state index contributed by atoms with van der Waals surface area (Å²) in [6.45, 7) is 5.63. The second-order valence-electron chi connectivity index (χ2n) is 6.25. The number of nitrogens with one attached hydrogen (secondary N) is 1. The third-order valence-corrected chi connectivity index (χ3v) is 5.27. The van der Waals surface area contributed by atoms with Gasteiger partial charge < -0.3 is 5.32 Å². The van der Waals surface area contributed by atoms with Crippen LogP contribution in [0.25, 0.3) is 0 Å². The molecule has 0 radical (unpaired) electrons. The summed E-state index contributed by atoms with van der Waals surface area (Å²) in [4.78, 5) is 0. The van der Waals surface area contributed by atoms with E-state index in [9.17, 15) is 4.39 Å². The van der Waals surface area contributed by atoms with Crippen molar-refractivity contribution in [1.82, 2.24) is 5.32 Å². The molecule has 2 saturated carbocycles. The highest BCUT2D eigenvalue weighted by Gasteiger charge is 2.58. The lowest BCUT2D eigenvalue weighted by Gasteiger charge is -2.06. The first-order valence-corrected chi connectivity index (χ1v) is 7.48. The Morgan fingerprint density at radius 3 is 2.78 bits per heavy atom. The monoisotopic (exact) mass is 311 g/mol. The zero-order valence-electron chi connectivity index (χ0n) is 10.8. The number of hydrogen-bond acceptors (Lipinski definition) is 1. The first-order valence-electron chi connectivity index (χ1n) is 6.68. The van der Waals surface area contributed by atoms with E-state index in [-0.39, 0.29) is 11.2 Å². The lowest BCUT2D eigenvalue weighted by atomic mass is 10.0. The molecule has 18 heavy (non-hydrogen) atoms. The van der Waals surface area contributed by atoms with Gasteiger partial charge in [-0.05, 0) is 60.4 Å². The lowest BCUT2D eigenvalue weighted by molar-refractivity contribution is 0.517. The Labute approximate surface area is 116 Å². The molecule has 2 unspecified atom stereocenters. The minimum absolute atomic E-state index is 0.134. The predicted octanol–water partition coefficient (Wildman–Crippen LogP) is 4.08. The van der Waals surface area contributed by atoms with Gasteiger partial charge in [-0.2, -0.15) is 0 Å². The molecule has 0 spiro atoms. The molecular formula is C15H19BrFN. The average Bonchev–Trinajstić information content (AvgIpc) is 3.18. The lowest BCUT2D eigenvalue weighted by Crippen LogP contribution is -2.20. The third-order valence-electron chi connectivity index (χ3n) is 4.55. The topological polar surface area (TPSA) is 12.0 Å². The van der Waals surface area contributed by atoms with E-state index < -0.39 is 0 Å². The van der Waals surface area contributed by atoms with Crippen molar-refractivity contribution < 1.29 is 4.39 Å². The van der Waals surface area contributed by atoms with Crippen LogP contribution in [-0.4, -0.2) is 12.6 Å². The standard InChI is InChI=1S/C15H19BrFN/c1-15(2)12(8-18-10-4-5-10)14(15)11-7-9(17)3-6-13(11)16/h3,6-7,10,12,14,18H,4-5,8H2,1-2H3. The molecule has 2 fully saturated rings. The van der Waals surface area contributed by atoms with Crippen LogP contribution in [0, 0.1) is 17.2 Å². The molecule has 0 amide bonds. The van der Waals surface area contributed by atoms with Gasteiger partial charge in [0.25, 0.3) is 0 Å². The molecule has 1 aromatic rings. The summed E-state index contributed by atoms with van der Waals surface area (Å²) in [5.74, 6) is 0.954. The summed E-state index contributed by atoms with van der Waals surface area (Å²) in [5.41, 5.74) is 1.40. The SMILES string of the molecule is CC1(C)C(CNC2CC2)C1c1cc(F)ccc1Br. The van der Waals surface area contributed by atoms with Gasteiger partial charge in [-0.25, -0.2) is 4.39 Å². The summed E-state index contributed by atoms with van der Waals surface area (Å²) in [6.07, 6.45) is 2.64. The van der Waals surface area contributed by atoms with Crippen LogP contribution in [0.1, 0.15) is 38.2 Å². The van der Waals surface area contributed by atoms with Gasteiger partial charge >= 0.3 is 0 Å². The fourth-order valence-corrected chi connectivity index (χ4v) is 3.57. The number of rotatable bonds is 4. The second-order valence-corrected chi connectivity index (χ2v) is 7.11. The Morgan fingerprint density at radius 2 is 2.11 bits per heavy atom. The molecule has 1 N–H and O–H groups in total. The number of benzene rings is 1. The van der Waals surface area contributed by atoms with Crippen LogP contribution in [0.4, 0.5) is 4.39 Å². The van der Waals surface area contributed by atoms with Crippen LogP contribution in [0.15, 0.2) is 22.7 Å². The van der Waals surface area contributed by atoms with Crippen LogP contribution in [0.5, 0.6) is 0 Å². The van der Waals surface area contributed by atoms with E-state index in [0.29, 0.717) is 11.8 Å². The van der Waals surface area contributed by atoms with Gasteiger partial charge in [-0.1, -0.05) is 29.8 Å². The normalized spacial score (nSPS) is 29.3. The molecule has 1 nitrogen and oxygen atoms in total. The Kier molecular flexibility index (Phi) is 3.02. The maximum absolute atomic E-state index is 13.4. The molecule has 1 aromatic carbocycles. The van der Waals surface area contributed by atoms with Crippen LogP contribution in [-0.2, 0) is 0 Å². The maximum Gasteiger partial charge on any atom is 0.123 e. The van der Waals surface area contributed by atoms with Crippen molar-refractivity contribution in [3.63, 3.8) is 0 Å². The van der Waals surface area contributed by atoms with Crippen molar-refractivity contribution in [2.24, 2.45) is 11.3 Å². The molecule has 0 aromatic heterocycles. The van der Waals surface area contributed by atoms with Gasteiger partial charge in [-0.3, -0.25) is 0 Å². The minimum atomic E-state index is -0.134. The number of hydrogen-bond donors (Lipinski definition) is 1. The molecular weight excluding hydrogens is 293 g/mol. The van der Waals surface area contributed by atoms with E-state index in [2.05, 4.69) is 35.1 Å². The largest absolute Gasteiger partial charge is 0.314 e. The summed E-state index contributed by atoms with van der Waals surface area (Å²) in [7, 11) is 0. The van der Waals surface area contributed by atoms with Crippen molar-refractivity contribution in [3.05, 3.63) is 34.1 Å². The Hall–Kier alpha value is -0.410. The zero-order chi connectivity index (χ0) is 12.9. The van der Waals surface area contributed by atoms with E-state index >= 15 is 0 Å². The molecule has 98 valence electrons. The molecule has 0 bridgehead atoms.